The van der Waals surface area contributed by atoms with Crippen LogP contribution in [-0.4, -0.2) is 52.3 Å². The molecule has 0 aliphatic carbocycles. The number of anilines is 3. The molecule has 0 saturated heterocycles. The van der Waals surface area contributed by atoms with E-state index >= 15 is 0 Å². The normalized spacial score (nSPS) is 9.19. The van der Waals surface area contributed by atoms with E-state index in [9.17, 15) is 8.78 Å². The first-order chi connectivity index (χ1) is 14.7. The van der Waals surface area contributed by atoms with Crippen LogP contribution in [0.25, 0.3) is 11.3 Å². The minimum absolute atomic E-state index is 0. The summed E-state index contributed by atoms with van der Waals surface area (Å²) in [5.74, 6) is -0.621. The Balaban J connectivity index is 0.000000674. The summed E-state index contributed by atoms with van der Waals surface area (Å²) < 4.78 is 26.8. The molecule has 3 aromatic rings. The van der Waals surface area contributed by atoms with Crippen LogP contribution in [0.3, 0.4) is 0 Å². The summed E-state index contributed by atoms with van der Waals surface area (Å²) in [6.07, 6.45) is 3.57. The minimum Gasteiger partial charge on any atom is -0.512 e. The summed E-state index contributed by atoms with van der Waals surface area (Å²) in [5.41, 5.74) is 2.66. The number of hydrogen-bond donors (Lipinski definition) is 0. The molecule has 0 atom stereocenters. The Morgan fingerprint density at radius 3 is 1.84 bits per heavy atom. The zero-order valence-electron chi connectivity index (χ0n) is 18.9. The molecular formula is C23H26F2IrN6-2. The standard InChI is InChI=1S/C15H16F2N3.C7H10N2.CN.Ir/c1-19(2)11-8-14(18-15(9-11)20(3)4)12-6-5-10(16)7-13(12)17;1-9(2)7-3-5-8-6-4-7;1-2;/h5,7-9H,1-4H3;3-6H,1-2H3;;/q-1;;-1;. The molecule has 0 fully saturated rings. The van der Waals surface area contributed by atoms with E-state index in [0.29, 0.717) is 11.5 Å². The van der Waals surface area contributed by atoms with Gasteiger partial charge < -0.3 is 26.5 Å². The summed E-state index contributed by atoms with van der Waals surface area (Å²) in [5, 5.41) is 6.25. The maximum Gasteiger partial charge on any atom is 0.120 e. The molecule has 2 aromatic heterocycles. The van der Waals surface area contributed by atoms with Gasteiger partial charge in [-0.2, -0.15) is 0 Å². The molecule has 9 heteroatoms. The zero-order valence-corrected chi connectivity index (χ0v) is 21.3. The van der Waals surface area contributed by atoms with Crippen LogP contribution >= 0.6 is 0 Å². The van der Waals surface area contributed by atoms with Crippen LogP contribution < -0.4 is 14.7 Å². The smallest absolute Gasteiger partial charge is 0.120 e. The number of aromatic nitrogens is 2. The molecule has 173 valence electrons. The molecule has 6 nitrogen and oxygen atoms in total. The van der Waals surface area contributed by atoms with Crippen LogP contribution in [0.1, 0.15) is 0 Å². The van der Waals surface area contributed by atoms with E-state index in [1.54, 1.807) is 18.5 Å². The van der Waals surface area contributed by atoms with Gasteiger partial charge in [0, 0.05) is 104 Å². The maximum atomic E-state index is 13.9. The topological polar surface area (TPSA) is 59.3 Å². The second-order valence-corrected chi connectivity index (χ2v) is 7.00. The average Bonchev–Trinajstić information content (AvgIpc) is 2.75. The van der Waals surface area contributed by atoms with Crippen molar-refractivity contribution in [3.63, 3.8) is 0 Å². The number of hydrogen-bond acceptors (Lipinski definition) is 6. The van der Waals surface area contributed by atoms with Gasteiger partial charge in [0.25, 0.3) is 0 Å². The molecular weight excluding hydrogens is 591 g/mol. The second kappa shape index (κ2) is 14.1. The van der Waals surface area contributed by atoms with Gasteiger partial charge in [-0.05, 0) is 17.8 Å². The molecule has 0 amide bonds. The fraction of sp³-hybridized carbons (Fsp3) is 0.261. The Bertz CT molecular complexity index is 952. The summed E-state index contributed by atoms with van der Waals surface area (Å²) >= 11 is 0. The van der Waals surface area contributed by atoms with Gasteiger partial charge in [-0.3, -0.25) is 18.7 Å². The summed E-state index contributed by atoms with van der Waals surface area (Å²) in [7, 11) is 11.5. The van der Waals surface area contributed by atoms with Gasteiger partial charge in [0.05, 0.1) is 0 Å². The quantitative estimate of drug-likeness (QED) is 0.410. The monoisotopic (exact) mass is 617 g/mol. The van der Waals surface area contributed by atoms with Crippen molar-refractivity contribution in [1.82, 2.24) is 9.97 Å². The SMILES string of the molecule is CN(C)c1cc(-c2[c-]cc(F)cc2F)nc(N(C)C)c1.CN(C)c1ccncc1.[C-]#N.[Ir]. The first-order valence-corrected chi connectivity index (χ1v) is 9.22. The summed E-state index contributed by atoms with van der Waals surface area (Å²) in [6.45, 7) is 4.75. The van der Waals surface area contributed by atoms with Crippen LogP contribution in [0, 0.1) is 29.5 Å². The largest absolute Gasteiger partial charge is 0.512 e. The predicted molar refractivity (Wildman–Crippen MR) is 121 cm³/mol. The van der Waals surface area contributed by atoms with Gasteiger partial charge in [-0.25, -0.2) is 0 Å². The van der Waals surface area contributed by atoms with E-state index in [1.165, 1.54) is 5.69 Å². The number of benzene rings is 1. The van der Waals surface area contributed by atoms with Crippen LogP contribution in [0.15, 0.2) is 48.8 Å². The van der Waals surface area contributed by atoms with Gasteiger partial charge in [-0.15, -0.1) is 12.1 Å². The Hall–Kier alpha value is -3.08. The Morgan fingerprint density at radius 2 is 1.41 bits per heavy atom. The van der Waals surface area contributed by atoms with E-state index in [-0.39, 0.29) is 25.7 Å². The second-order valence-electron chi connectivity index (χ2n) is 7.00. The Kier molecular flexibility index (Phi) is 12.7. The van der Waals surface area contributed by atoms with Crippen LogP contribution in [-0.2, 0) is 20.1 Å². The molecule has 32 heavy (non-hydrogen) atoms. The van der Waals surface area contributed by atoms with Crippen molar-refractivity contribution < 1.29 is 28.9 Å². The third-order valence-corrected chi connectivity index (χ3v) is 4.06. The van der Waals surface area contributed by atoms with Gasteiger partial charge in [0.15, 0.2) is 0 Å². The van der Waals surface area contributed by atoms with Crippen molar-refractivity contribution in [2.45, 2.75) is 0 Å². The molecule has 0 bridgehead atoms. The Labute approximate surface area is 202 Å². The first-order valence-electron chi connectivity index (χ1n) is 9.22. The summed E-state index contributed by atoms with van der Waals surface area (Å²) in [4.78, 5) is 14.1. The molecule has 0 saturated carbocycles. The average molecular weight is 617 g/mol. The molecule has 0 aliphatic rings. The van der Waals surface area contributed by atoms with Gasteiger partial charge in [0.2, 0.25) is 0 Å². The van der Waals surface area contributed by atoms with Crippen molar-refractivity contribution in [3.05, 3.63) is 73.1 Å². The third kappa shape index (κ3) is 8.58. The third-order valence-electron chi connectivity index (χ3n) is 4.06. The molecule has 3 rings (SSSR count). The fourth-order valence-corrected chi connectivity index (χ4v) is 2.40. The summed E-state index contributed by atoms with van der Waals surface area (Å²) in [6, 6.07) is 12.1. The maximum absolute atomic E-state index is 13.9. The molecule has 0 aliphatic heterocycles. The van der Waals surface area contributed by atoms with E-state index in [4.69, 9.17) is 11.8 Å². The first kappa shape index (κ1) is 28.9. The number of rotatable bonds is 4. The molecule has 0 spiro atoms. The van der Waals surface area contributed by atoms with Gasteiger partial charge in [-0.1, -0.05) is 17.7 Å². The number of nitrogens with zero attached hydrogens (tertiary/aromatic N) is 6. The van der Waals surface area contributed by atoms with Crippen molar-refractivity contribution >= 4 is 17.2 Å². The zero-order chi connectivity index (χ0) is 23.6. The fourth-order valence-electron chi connectivity index (χ4n) is 2.40. The van der Waals surface area contributed by atoms with E-state index < -0.39 is 11.6 Å². The van der Waals surface area contributed by atoms with Crippen molar-refractivity contribution in [3.8, 4) is 11.3 Å². The van der Waals surface area contributed by atoms with Crippen LogP contribution in [0.4, 0.5) is 26.0 Å². The Morgan fingerprint density at radius 1 is 0.844 bits per heavy atom. The molecule has 0 N–H and O–H groups in total. The molecule has 1 radical (unpaired) electrons. The number of halogens is 2. The molecule has 2 heterocycles. The van der Waals surface area contributed by atoms with Crippen LogP contribution in [0.5, 0.6) is 0 Å². The van der Waals surface area contributed by atoms with E-state index in [0.717, 1.165) is 17.8 Å². The minimum atomic E-state index is -0.668. The molecule has 1 aromatic carbocycles. The number of pyridine rings is 2. The van der Waals surface area contributed by atoms with Gasteiger partial charge >= 0.3 is 0 Å². The van der Waals surface area contributed by atoms with Crippen LogP contribution in [0.2, 0.25) is 0 Å². The van der Waals surface area contributed by atoms with Gasteiger partial charge in [0.1, 0.15) is 5.82 Å². The van der Waals surface area contributed by atoms with Crippen molar-refractivity contribution in [2.24, 2.45) is 0 Å². The van der Waals surface area contributed by atoms with Crippen molar-refractivity contribution in [1.29, 1.82) is 5.26 Å². The molecule has 0 unspecified atom stereocenters. The van der Waals surface area contributed by atoms with E-state index in [2.05, 4.69) is 16.0 Å². The van der Waals surface area contributed by atoms with E-state index in [1.807, 2.05) is 75.2 Å². The predicted octanol–water partition coefficient (Wildman–Crippen LogP) is 4.20. The van der Waals surface area contributed by atoms with Crippen molar-refractivity contribution in [2.75, 3.05) is 57.0 Å².